The van der Waals surface area contributed by atoms with Crippen molar-refractivity contribution >= 4 is 33.7 Å². The number of rotatable bonds is 4. The van der Waals surface area contributed by atoms with Gasteiger partial charge in [-0.05, 0) is 116 Å². The minimum absolute atomic E-state index is 1.01. The number of benzene rings is 8. The molecule has 0 radical (unpaired) electrons. The molecule has 232 valence electrons. The molecule has 0 bridgehead atoms. The van der Waals surface area contributed by atoms with E-state index in [4.69, 9.17) is 0 Å². The number of hydrogen-bond donors (Lipinski definition) is 0. The van der Waals surface area contributed by atoms with Gasteiger partial charge in [-0.15, -0.1) is 0 Å². The van der Waals surface area contributed by atoms with Gasteiger partial charge < -0.3 is 0 Å². The molecule has 0 amide bonds. The Morgan fingerprint density at radius 1 is 0.260 bits per heavy atom. The Hall–Kier alpha value is -6.86. The summed E-state index contributed by atoms with van der Waals surface area (Å²) in [6, 6.07) is 63.7. The number of fused-ring (bicyclic) bond motifs is 2. The quantitative estimate of drug-likeness (QED) is 0.134. The third kappa shape index (κ3) is 7.17. The molecule has 50 heavy (non-hydrogen) atoms. The highest BCUT2D eigenvalue weighted by Crippen LogP contribution is 2.23. The van der Waals surface area contributed by atoms with Crippen molar-refractivity contribution in [2.24, 2.45) is 0 Å². The minimum atomic E-state index is 1.01. The normalized spacial score (nSPS) is 10.8. The van der Waals surface area contributed by atoms with Crippen LogP contribution in [0.5, 0.6) is 0 Å². The molecule has 0 aliphatic heterocycles. The molecule has 0 aliphatic carbocycles. The van der Waals surface area contributed by atoms with Crippen molar-refractivity contribution in [1.82, 2.24) is 0 Å². The van der Waals surface area contributed by atoms with Crippen LogP contribution in [0, 0.1) is 23.7 Å². The van der Waals surface area contributed by atoms with E-state index >= 15 is 0 Å². The summed E-state index contributed by atoms with van der Waals surface area (Å²) < 4.78 is 0. The molecular weight excluding hydrogens is 601 g/mol. The molecule has 0 atom stereocenters. The summed E-state index contributed by atoms with van der Waals surface area (Å²) in [6.45, 7) is 0. The van der Waals surface area contributed by atoms with E-state index in [1.165, 1.54) is 43.8 Å². The summed E-state index contributed by atoms with van der Waals surface area (Å²) in [7, 11) is 0. The van der Waals surface area contributed by atoms with Gasteiger partial charge in [0.2, 0.25) is 0 Å². The van der Waals surface area contributed by atoms with E-state index in [1.807, 2.05) is 12.1 Å². The first-order chi connectivity index (χ1) is 24.7. The predicted molar refractivity (Wildman–Crippen MR) is 213 cm³/mol. The fourth-order valence-electron chi connectivity index (χ4n) is 6.13. The van der Waals surface area contributed by atoms with Gasteiger partial charge in [0.1, 0.15) is 0 Å². The summed E-state index contributed by atoms with van der Waals surface area (Å²) in [4.78, 5) is 0. The topological polar surface area (TPSA) is 0 Å². The van der Waals surface area contributed by atoms with Crippen LogP contribution in [-0.2, 0) is 0 Å². The smallest absolute Gasteiger partial charge is 0.0255 e. The molecule has 0 saturated heterocycles. The second kappa shape index (κ2) is 14.1. The molecular formula is C50H32. The summed E-state index contributed by atoms with van der Waals surface area (Å²) in [5, 5.41) is 4.76. The second-order valence-electron chi connectivity index (χ2n) is 12.4. The fraction of sp³-hybridized carbons (Fsp3) is 0. The maximum absolute atomic E-state index is 3.34. The zero-order chi connectivity index (χ0) is 33.5. The fourth-order valence-corrected chi connectivity index (χ4v) is 6.13. The van der Waals surface area contributed by atoms with Crippen LogP contribution in [0.4, 0.5) is 0 Å². The Bertz CT molecular complexity index is 2420. The average molecular weight is 633 g/mol. The lowest BCUT2D eigenvalue weighted by atomic mass is 10.0. The van der Waals surface area contributed by atoms with Gasteiger partial charge >= 0.3 is 0 Å². The average Bonchev–Trinajstić information content (AvgIpc) is 3.19. The van der Waals surface area contributed by atoms with Crippen LogP contribution < -0.4 is 0 Å². The molecule has 8 aromatic carbocycles. The van der Waals surface area contributed by atoms with E-state index in [-0.39, 0.29) is 0 Å². The van der Waals surface area contributed by atoms with Gasteiger partial charge in [0.25, 0.3) is 0 Å². The zero-order valence-corrected chi connectivity index (χ0v) is 27.5. The molecule has 0 spiro atoms. The van der Waals surface area contributed by atoms with Crippen LogP contribution in [-0.4, -0.2) is 0 Å². The molecule has 0 heteroatoms. The SMILES string of the molecule is C(#Cc1ccc2cc(/C=C/c3ccc4cc(C#Cc5ccc(-c6ccccc6)cc5)ccc4c3)ccc2c1)c1ccc(-c2ccccc2)cc1. The molecule has 0 aromatic heterocycles. The third-order valence-corrected chi connectivity index (χ3v) is 8.88. The van der Waals surface area contributed by atoms with E-state index in [9.17, 15) is 0 Å². The molecule has 0 heterocycles. The van der Waals surface area contributed by atoms with Gasteiger partial charge in [-0.3, -0.25) is 0 Å². The van der Waals surface area contributed by atoms with Gasteiger partial charge in [0, 0.05) is 22.3 Å². The summed E-state index contributed by atoms with van der Waals surface area (Å²) in [5.41, 5.74) is 11.2. The van der Waals surface area contributed by atoms with Crippen molar-refractivity contribution in [3.05, 3.63) is 215 Å². The Balaban J connectivity index is 0.927. The van der Waals surface area contributed by atoms with Crippen LogP contribution >= 0.6 is 0 Å². The molecule has 8 aromatic rings. The lowest BCUT2D eigenvalue weighted by Crippen LogP contribution is -1.82. The first-order valence-corrected chi connectivity index (χ1v) is 16.8. The Labute approximate surface area is 294 Å². The molecule has 0 unspecified atom stereocenters. The van der Waals surface area contributed by atoms with Gasteiger partial charge in [0.15, 0.2) is 0 Å². The maximum atomic E-state index is 3.34. The van der Waals surface area contributed by atoms with Gasteiger partial charge in [0.05, 0.1) is 0 Å². The van der Waals surface area contributed by atoms with Crippen molar-refractivity contribution in [3.63, 3.8) is 0 Å². The third-order valence-electron chi connectivity index (χ3n) is 8.88. The molecule has 0 saturated carbocycles. The lowest BCUT2D eigenvalue weighted by molar-refractivity contribution is 1.59. The largest absolute Gasteiger partial charge is 0.0622 e. The van der Waals surface area contributed by atoms with Crippen LogP contribution in [0.25, 0.3) is 56.0 Å². The highest BCUT2D eigenvalue weighted by Gasteiger charge is 2.01. The van der Waals surface area contributed by atoms with E-state index in [0.717, 1.165) is 33.4 Å². The lowest BCUT2D eigenvalue weighted by Gasteiger charge is -2.03. The Morgan fingerprint density at radius 2 is 0.580 bits per heavy atom. The summed E-state index contributed by atoms with van der Waals surface area (Å²) in [5.74, 6) is 13.3. The molecule has 0 nitrogen and oxygen atoms in total. The van der Waals surface area contributed by atoms with Crippen molar-refractivity contribution in [2.75, 3.05) is 0 Å². The predicted octanol–water partition coefficient (Wildman–Crippen LogP) is 12.3. The molecule has 0 fully saturated rings. The molecule has 0 aliphatic rings. The number of hydrogen-bond acceptors (Lipinski definition) is 0. The van der Waals surface area contributed by atoms with E-state index in [2.05, 4.69) is 206 Å². The van der Waals surface area contributed by atoms with Crippen LogP contribution in [0.15, 0.2) is 182 Å². The van der Waals surface area contributed by atoms with Gasteiger partial charge in [-0.25, -0.2) is 0 Å². The van der Waals surface area contributed by atoms with E-state index in [1.54, 1.807) is 0 Å². The van der Waals surface area contributed by atoms with E-state index < -0.39 is 0 Å². The van der Waals surface area contributed by atoms with Gasteiger partial charge in [-0.2, -0.15) is 0 Å². The van der Waals surface area contributed by atoms with Crippen molar-refractivity contribution in [2.45, 2.75) is 0 Å². The highest BCUT2D eigenvalue weighted by atomic mass is 14.0. The van der Waals surface area contributed by atoms with Crippen LogP contribution in [0.2, 0.25) is 0 Å². The summed E-state index contributed by atoms with van der Waals surface area (Å²) >= 11 is 0. The Kier molecular flexibility index (Phi) is 8.59. The van der Waals surface area contributed by atoms with E-state index in [0.29, 0.717) is 0 Å². The standard InChI is InChI=1S/C50H32/c1-3-7-43(8-4-1)45-25-17-37(18-26-45)11-13-39-21-29-49-35-41(23-31-47(49)33-39)15-16-42-24-32-48-34-40(22-30-50(48)36-42)14-12-38-19-27-46(28-20-38)44-9-5-2-6-10-44/h1-10,15-36H/b16-15+. The molecule has 8 rings (SSSR count). The zero-order valence-electron chi connectivity index (χ0n) is 27.5. The molecule has 0 N–H and O–H groups in total. The van der Waals surface area contributed by atoms with Crippen LogP contribution in [0.3, 0.4) is 0 Å². The van der Waals surface area contributed by atoms with Crippen molar-refractivity contribution < 1.29 is 0 Å². The maximum Gasteiger partial charge on any atom is 0.0255 e. The van der Waals surface area contributed by atoms with Crippen LogP contribution in [0.1, 0.15) is 33.4 Å². The first kappa shape index (κ1) is 30.5. The van der Waals surface area contributed by atoms with Crippen molar-refractivity contribution in [1.29, 1.82) is 0 Å². The Morgan fingerprint density at radius 3 is 1.00 bits per heavy atom. The minimum Gasteiger partial charge on any atom is -0.0622 e. The van der Waals surface area contributed by atoms with Crippen molar-refractivity contribution in [3.8, 4) is 45.9 Å². The van der Waals surface area contributed by atoms with Gasteiger partial charge in [-0.1, -0.05) is 157 Å². The summed E-state index contributed by atoms with van der Waals surface area (Å²) in [6.07, 6.45) is 4.35. The highest BCUT2D eigenvalue weighted by molar-refractivity contribution is 5.89. The first-order valence-electron chi connectivity index (χ1n) is 16.8. The monoisotopic (exact) mass is 632 g/mol. The second-order valence-corrected chi connectivity index (χ2v) is 12.4.